The zero-order chi connectivity index (χ0) is 18.8. The maximum absolute atomic E-state index is 11.8. The number of amides is 1. The molecule has 0 aromatic carbocycles. The first-order valence-corrected chi connectivity index (χ1v) is 9.44. The van der Waals surface area contributed by atoms with Gasteiger partial charge in [0.15, 0.2) is 0 Å². The fraction of sp³-hybridized carbons (Fsp3) is 0.381. The van der Waals surface area contributed by atoms with Crippen LogP contribution in [0, 0.1) is 0 Å². The monoisotopic (exact) mass is 364 g/mol. The highest BCUT2D eigenvalue weighted by Gasteiger charge is 2.29. The van der Waals surface area contributed by atoms with Crippen LogP contribution >= 0.6 is 0 Å². The molecule has 1 aliphatic rings. The molecule has 3 aromatic heterocycles. The van der Waals surface area contributed by atoms with Crippen molar-refractivity contribution in [1.29, 1.82) is 0 Å². The topological polar surface area (TPSA) is 79.9 Å². The van der Waals surface area contributed by atoms with Gasteiger partial charge in [-0.3, -0.25) is 4.98 Å². The van der Waals surface area contributed by atoms with E-state index in [1.54, 1.807) is 12.4 Å². The average molecular weight is 364 g/mol. The number of rotatable bonds is 4. The fourth-order valence-electron chi connectivity index (χ4n) is 3.71. The summed E-state index contributed by atoms with van der Waals surface area (Å²) >= 11 is 0. The zero-order valence-corrected chi connectivity index (χ0v) is 15.6. The van der Waals surface area contributed by atoms with E-state index in [4.69, 9.17) is 4.74 Å². The molecule has 0 unspecified atom stereocenters. The lowest BCUT2D eigenvalue weighted by atomic mass is 9.98. The number of pyridine rings is 2. The van der Waals surface area contributed by atoms with E-state index in [0.29, 0.717) is 5.92 Å². The molecule has 1 fully saturated rings. The second-order valence-corrected chi connectivity index (χ2v) is 7.46. The summed E-state index contributed by atoms with van der Waals surface area (Å²) in [7, 11) is 0. The highest BCUT2D eigenvalue weighted by molar-refractivity contribution is 5.83. The normalized spacial score (nSPS) is 19.5. The van der Waals surface area contributed by atoms with Crippen molar-refractivity contribution in [2.24, 2.45) is 0 Å². The molecule has 3 aromatic rings. The molecule has 0 aliphatic heterocycles. The number of ether oxygens (including phenoxy) is 1. The van der Waals surface area contributed by atoms with Crippen LogP contribution in [0.5, 0.6) is 0 Å². The van der Waals surface area contributed by atoms with Crippen LogP contribution in [0.3, 0.4) is 0 Å². The molecular formula is C21H24N4O2. The minimum absolute atomic E-state index is 0.0250. The van der Waals surface area contributed by atoms with Crippen LogP contribution in [0.2, 0.25) is 0 Å². The Morgan fingerprint density at radius 3 is 2.85 bits per heavy atom. The number of aromatic nitrogens is 3. The summed E-state index contributed by atoms with van der Waals surface area (Å²) < 4.78 is 5.54. The number of nitrogens with one attached hydrogen (secondary N) is 2. The fourth-order valence-corrected chi connectivity index (χ4v) is 3.71. The number of aromatic amines is 1. The van der Waals surface area contributed by atoms with Gasteiger partial charge in [0.25, 0.3) is 0 Å². The predicted octanol–water partition coefficient (Wildman–Crippen LogP) is 4.40. The first-order chi connectivity index (χ1) is 13.1. The van der Waals surface area contributed by atoms with Gasteiger partial charge < -0.3 is 15.0 Å². The van der Waals surface area contributed by atoms with E-state index in [1.807, 2.05) is 32.2 Å². The predicted molar refractivity (Wildman–Crippen MR) is 104 cm³/mol. The zero-order valence-electron chi connectivity index (χ0n) is 15.6. The van der Waals surface area contributed by atoms with Gasteiger partial charge in [-0.15, -0.1) is 0 Å². The summed E-state index contributed by atoms with van der Waals surface area (Å²) in [6.07, 6.45) is 7.91. The molecule has 0 saturated heterocycles. The SMILES string of the molecule is CC(C)NC(=O)O[C@@H]1CC[C@H](c2cnc3[nH]c(-c4ccncc4)cc3c2)C1. The summed E-state index contributed by atoms with van der Waals surface area (Å²) in [5.41, 5.74) is 4.22. The van der Waals surface area contributed by atoms with Gasteiger partial charge in [-0.05, 0) is 68.9 Å². The molecule has 0 radical (unpaired) electrons. The average Bonchev–Trinajstić information content (AvgIpc) is 3.27. The Balaban J connectivity index is 1.47. The summed E-state index contributed by atoms with van der Waals surface area (Å²) in [4.78, 5) is 23.8. The van der Waals surface area contributed by atoms with E-state index in [2.05, 4.69) is 32.4 Å². The quantitative estimate of drug-likeness (QED) is 0.719. The number of carbonyl (C=O) groups is 1. The van der Waals surface area contributed by atoms with E-state index in [9.17, 15) is 4.79 Å². The van der Waals surface area contributed by atoms with Gasteiger partial charge in [0, 0.05) is 41.3 Å². The second kappa shape index (κ2) is 7.39. The summed E-state index contributed by atoms with van der Waals surface area (Å²) in [6, 6.07) is 8.37. The van der Waals surface area contributed by atoms with Crippen LogP contribution in [-0.2, 0) is 4.74 Å². The van der Waals surface area contributed by atoms with Gasteiger partial charge in [0.2, 0.25) is 0 Å². The third-order valence-electron chi connectivity index (χ3n) is 5.02. The molecule has 27 heavy (non-hydrogen) atoms. The van der Waals surface area contributed by atoms with Crippen molar-refractivity contribution >= 4 is 17.1 Å². The van der Waals surface area contributed by atoms with Crippen molar-refractivity contribution in [3.05, 3.63) is 48.4 Å². The molecule has 1 aliphatic carbocycles. The molecule has 6 heteroatoms. The first kappa shape index (κ1) is 17.5. The molecule has 1 amide bonds. The third-order valence-corrected chi connectivity index (χ3v) is 5.02. The van der Waals surface area contributed by atoms with Crippen molar-refractivity contribution < 1.29 is 9.53 Å². The Bertz CT molecular complexity index is 936. The number of nitrogens with zero attached hydrogens (tertiary/aromatic N) is 2. The highest BCUT2D eigenvalue weighted by atomic mass is 16.6. The number of H-pyrrole nitrogens is 1. The van der Waals surface area contributed by atoms with E-state index in [1.165, 1.54) is 5.56 Å². The van der Waals surface area contributed by atoms with E-state index in [-0.39, 0.29) is 18.2 Å². The van der Waals surface area contributed by atoms with Gasteiger partial charge in [-0.25, -0.2) is 9.78 Å². The van der Waals surface area contributed by atoms with Crippen LogP contribution in [0.15, 0.2) is 42.9 Å². The second-order valence-electron chi connectivity index (χ2n) is 7.46. The van der Waals surface area contributed by atoms with Crippen molar-refractivity contribution in [2.75, 3.05) is 0 Å². The highest BCUT2D eigenvalue weighted by Crippen LogP contribution is 2.37. The molecule has 6 nitrogen and oxygen atoms in total. The van der Waals surface area contributed by atoms with Gasteiger partial charge in [0.1, 0.15) is 11.8 Å². The standard InChI is InChI=1S/C21H24N4O2/c1-13(2)24-21(26)27-18-4-3-15(10-18)17-9-16-11-19(25-20(16)23-12-17)14-5-7-22-8-6-14/h5-9,11-13,15,18H,3-4,10H2,1-2H3,(H,23,25)(H,24,26)/t15-,18+/m0/s1. The molecule has 3 heterocycles. The van der Waals surface area contributed by atoms with Crippen LogP contribution in [0.4, 0.5) is 4.79 Å². The minimum atomic E-state index is -0.322. The molecule has 2 atom stereocenters. The Labute approximate surface area is 158 Å². The van der Waals surface area contributed by atoms with Gasteiger partial charge in [-0.1, -0.05) is 0 Å². The summed E-state index contributed by atoms with van der Waals surface area (Å²) in [5.74, 6) is 0.373. The lowest BCUT2D eigenvalue weighted by molar-refractivity contribution is 0.0982. The van der Waals surface area contributed by atoms with E-state index < -0.39 is 0 Å². The maximum Gasteiger partial charge on any atom is 0.407 e. The van der Waals surface area contributed by atoms with Crippen molar-refractivity contribution in [2.45, 2.75) is 51.2 Å². The Hall–Kier alpha value is -2.89. The molecule has 1 saturated carbocycles. The van der Waals surface area contributed by atoms with Crippen molar-refractivity contribution in [3.63, 3.8) is 0 Å². The first-order valence-electron chi connectivity index (χ1n) is 9.44. The number of fused-ring (bicyclic) bond motifs is 1. The van der Waals surface area contributed by atoms with Crippen LogP contribution in [-0.4, -0.2) is 33.2 Å². The Kier molecular flexibility index (Phi) is 4.79. The number of carbonyl (C=O) groups excluding carboxylic acids is 1. The van der Waals surface area contributed by atoms with Gasteiger partial charge in [0.05, 0.1) is 0 Å². The molecule has 0 spiro atoms. The van der Waals surface area contributed by atoms with Crippen LogP contribution < -0.4 is 5.32 Å². The maximum atomic E-state index is 11.8. The molecule has 0 bridgehead atoms. The lowest BCUT2D eigenvalue weighted by Gasteiger charge is -2.15. The molecule has 140 valence electrons. The lowest BCUT2D eigenvalue weighted by Crippen LogP contribution is -2.33. The van der Waals surface area contributed by atoms with Crippen LogP contribution in [0.25, 0.3) is 22.3 Å². The van der Waals surface area contributed by atoms with E-state index >= 15 is 0 Å². The van der Waals surface area contributed by atoms with Gasteiger partial charge >= 0.3 is 6.09 Å². The van der Waals surface area contributed by atoms with Crippen molar-refractivity contribution in [3.8, 4) is 11.3 Å². The van der Waals surface area contributed by atoms with Gasteiger partial charge in [-0.2, -0.15) is 0 Å². The largest absolute Gasteiger partial charge is 0.446 e. The number of hydrogen-bond acceptors (Lipinski definition) is 4. The molecular weight excluding hydrogens is 340 g/mol. The molecule has 4 rings (SSSR count). The van der Waals surface area contributed by atoms with Crippen molar-refractivity contribution in [1.82, 2.24) is 20.3 Å². The summed E-state index contributed by atoms with van der Waals surface area (Å²) in [5, 5.41) is 3.88. The Morgan fingerprint density at radius 1 is 1.26 bits per heavy atom. The van der Waals surface area contributed by atoms with E-state index in [0.717, 1.165) is 41.6 Å². The smallest absolute Gasteiger partial charge is 0.407 e. The number of alkyl carbamates (subject to hydrolysis) is 1. The number of hydrogen-bond donors (Lipinski definition) is 2. The Morgan fingerprint density at radius 2 is 2.07 bits per heavy atom. The minimum Gasteiger partial charge on any atom is -0.446 e. The van der Waals surface area contributed by atoms with Crippen LogP contribution in [0.1, 0.15) is 44.6 Å². The molecule has 2 N–H and O–H groups in total. The summed E-state index contributed by atoms with van der Waals surface area (Å²) in [6.45, 7) is 3.85. The third kappa shape index (κ3) is 3.94.